The molecule has 0 atom stereocenters. The van der Waals surface area contributed by atoms with Crippen LogP contribution >= 0.6 is 0 Å². The third kappa shape index (κ3) is 3.48. The quantitative estimate of drug-likeness (QED) is 0.833. The fourth-order valence-corrected chi connectivity index (χ4v) is 4.03. The number of nitrogen functional groups attached to an aromatic ring is 1. The summed E-state index contributed by atoms with van der Waals surface area (Å²) in [7, 11) is -3.46. The number of hydrogen-bond acceptors (Lipinski definition) is 3. The standard InChI is InChI=1S/C14H22N2O2S/c1-11-7-12(15)9-13(8-11)19(17,18)16-10-14(2)5-3-4-6-14/h7-9,16H,3-6,10,15H2,1-2H3. The Hall–Kier alpha value is -1.07. The second kappa shape index (κ2) is 5.13. The zero-order chi connectivity index (χ0) is 14.1. The number of aryl methyl sites for hydroxylation is 1. The maximum atomic E-state index is 12.3. The molecule has 0 aromatic heterocycles. The molecule has 0 aliphatic heterocycles. The highest BCUT2D eigenvalue weighted by Gasteiger charge is 2.30. The molecule has 0 unspecified atom stereocenters. The van der Waals surface area contributed by atoms with Gasteiger partial charge in [0.05, 0.1) is 4.90 Å². The normalized spacial score (nSPS) is 18.6. The first-order chi connectivity index (χ1) is 8.81. The lowest BCUT2D eigenvalue weighted by Crippen LogP contribution is -2.34. The molecule has 0 spiro atoms. The zero-order valence-corrected chi connectivity index (χ0v) is 12.4. The van der Waals surface area contributed by atoms with Gasteiger partial charge in [-0.1, -0.05) is 19.8 Å². The maximum absolute atomic E-state index is 12.3. The highest BCUT2D eigenvalue weighted by Crippen LogP contribution is 2.37. The Morgan fingerprint density at radius 1 is 1.26 bits per heavy atom. The smallest absolute Gasteiger partial charge is 0.240 e. The lowest BCUT2D eigenvalue weighted by molar-refractivity contribution is 0.336. The Kier molecular flexibility index (Phi) is 3.87. The first kappa shape index (κ1) is 14.3. The average Bonchev–Trinajstić information content (AvgIpc) is 2.73. The van der Waals surface area contributed by atoms with Crippen molar-refractivity contribution in [3.8, 4) is 0 Å². The Bertz CT molecular complexity index is 541. The fraction of sp³-hybridized carbons (Fsp3) is 0.571. The molecule has 4 nitrogen and oxygen atoms in total. The first-order valence-electron chi connectivity index (χ1n) is 6.68. The van der Waals surface area contributed by atoms with Crippen LogP contribution in [-0.2, 0) is 10.0 Å². The van der Waals surface area contributed by atoms with Gasteiger partial charge >= 0.3 is 0 Å². The van der Waals surface area contributed by atoms with Gasteiger partial charge in [-0.15, -0.1) is 0 Å². The Balaban J connectivity index is 2.13. The minimum absolute atomic E-state index is 0.0996. The summed E-state index contributed by atoms with van der Waals surface area (Å²) >= 11 is 0. The van der Waals surface area contributed by atoms with E-state index in [1.165, 1.54) is 18.9 Å². The van der Waals surface area contributed by atoms with E-state index in [2.05, 4.69) is 11.6 Å². The highest BCUT2D eigenvalue weighted by atomic mass is 32.2. The lowest BCUT2D eigenvalue weighted by atomic mass is 9.89. The molecule has 5 heteroatoms. The van der Waals surface area contributed by atoms with Crippen LogP contribution in [0.2, 0.25) is 0 Å². The van der Waals surface area contributed by atoms with Crippen LogP contribution in [0.4, 0.5) is 5.69 Å². The van der Waals surface area contributed by atoms with Gasteiger partial charge in [-0.3, -0.25) is 0 Å². The number of nitrogens with two attached hydrogens (primary N) is 1. The van der Waals surface area contributed by atoms with Gasteiger partial charge in [0.2, 0.25) is 10.0 Å². The van der Waals surface area contributed by atoms with Crippen molar-refractivity contribution in [2.45, 2.75) is 44.4 Å². The van der Waals surface area contributed by atoms with Gasteiger partial charge in [-0.2, -0.15) is 0 Å². The summed E-state index contributed by atoms with van der Waals surface area (Å²) in [5.41, 5.74) is 7.14. The second-order valence-electron chi connectivity index (χ2n) is 5.92. The van der Waals surface area contributed by atoms with E-state index in [9.17, 15) is 8.42 Å². The van der Waals surface area contributed by atoms with E-state index in [1.807, 2.05) is 6.92 Å². The lowest BCUT2D eigenvalue weighted by Gasteiger charge is -2.23. The van der Waals surface area contributed by atoms with Crippen molar-refractivity contribution in [2.75, 3.05) is 12.3 Å². The van der Waals surface area contributed by atoms with Crippen LogP contribution in [0, 0.1) is 12.3 Å². The molecule has 3 N–H and O–H groups in total. The molecule has 0 saturated heterocycles. The number of rotatable bonds is 4. The van der Waals surface area contributed by atoms with Crippen LogP contribution < -0.4 is 10.5 Å². The molecule has 19 heavy (non-hydrogen) atoms. The minimum Gasteiger partial charge on any atom is -0.399 e. The van der Waals surface area contributed by atoms with Crippen molar-refractivity contribution in [1.82, 2.24) is 4.72 Å². The second-order valence-corrected chi connectivity index (χ2v) is 7.69. The summed E-state index contributed by atoms with van der Waals surface area (Å²) in [6.45, 7) is 4.49. The SMILES string of the molecule is Cc1cc(N)cc(S(=O)(=O)NCC2(C)CCCC2)c1. The van der Waals surface area contributed by atoms with E-state index in [0.717, 1.165) is 18.4 Å². The highest BCUT2D eigenvalue weighted by molar-refractivity contribution is 7.89. The van der Waals surface area contributed by atoms with Gasteiger partial charge < -0.3 is 5.73 Å². The number of hydrogen-bond donors (Lipinski definition) is 2. The van der Waals surface area contributed by atoms with Gasteiger partial charge in [-0.25, -0.2) is 13.1 Å². The van der Waals surface area contributed by atoms with Gasteiger partial charge in [0.1, 0.15) is 0 Å². The molecular formula is C14H22N2O2S. The van der Waals surface area contributed by atoms with E-state index >= 15 is 0 Å². The molecular weight excluding hydrogens is 260 g/mol. The van der Waals surface area contributed by atoms with Crippen molar-refractivity contribution in [1.29, 1.82) is 0 Å². The largest absolute Gasteiger partial charge is 0.399 e. The molecule has 2 rings (SSSR count). The first-order valence-corrected chi connectivity index (χ1v) is 8.16. The summed E-state index contributed by atoms with van der Waals surface area (Å²) < 4.78 is 27.3. The summed E-state index contributed by atoms with van der Waals surface area (Å²) in [6, 6.07) is 4.92. The van der Waals surface area contributed by atoms with Gasteiger partial charge in [0.15, 0.2) is 0 Å². The molecule has 1 aromatic rings. The topological polar surface area (TPSA) is 72.2 Å². The molecule has 1 fully saturated rings. The van der Waals surface area contributed by atoms with E-state index < -0.39 is 10.0 Å². The van der Waals surface area contributed by atoms with Crippen molar-refractivity contribution in [3.05, 3.63) is 23.8 Å². The molecule has 0 amide bonds. The van der Waals surface area contributed by atoms with Crippen molar-refractivity contribution in [2.24, 2.45) is 5.41 Å². The monoisotopic (exact) mass is 282 g/mol. The van der Waals surface area contributed by atoms with Gasteiger partial charge in [0.25, 0.3) is 0 Å². The van der Waals surface area contributed by atoms with E-state index in [0.29, 0.717) is 12.2 Å². The predicted molar refractivity (Wildman–Crippen MR) is 77.4 cm³/mol. The Labute approximate surface area is 115 Å². The Morgan fingerprint density at radius 3 is 2.47 bits per heavy atom. The summed E-state index contributed by atoms with van der Waals surface area (Å²) in [4.78, 5) is 0.256. The molecule has 0 radical (unpaired) electrons. The molecule has 1 saturated carbocycles. The average molecular weight is 282 g/mol. The van der Waals surface area contributed by atoms with Crippen LogP contribution in [0.5, 0.6) is 0 Å². The molecule has 0 bridgehead atoms. The maximum Gasteiger partial charge on any atom is 0.240 e. The van der Waals surface area contributed by atoms with Gasteiger partial charge in [0, 0.05) is 12.2 Å². The predicted octanol–water partition coefficient (Wildman–Crippen LogP) is 2.44. The number of nitrogens with one attached hydrogen (secondary N) is 1. The molecule has 1 aliphatic carbocycles. The summed E-state index contributed by atoms with van der Waals surface area (Å²) in [5.74, 6) is 0. The number of anilines is 1. The van der Waals surface area contributed by atoms with Crippen molar-refractivity contribution < 1.29 is 8.42 Å². The molecule has 1 aliphatic rings. The fourth-order valence-electron chi connectivity index (χ4n) is 2.69. The third-order valence-electron chi connectivity index (χ3n) is 3.88. The zero-order valence-electron chi connectivity index (χ0n) is 11.6. The molecule has 1 aromatic carbocycles. The number of sulfonamides is 1. The number of benzene rings is 1. The summed E-state index contributed by atoms with van der Waals surface area (Å²) in [6.07, 6.45) is 4.56. The third-order valence-corrected chi connectivity index (χ3v) is 5.26. The van der Waals surface area contributed by atoms with E-state index in [4.69, 9.17) is 5.73 Å². The van der Waals surface area contributed by atoms with Crippen LogP contribution in [0.3, 0.4) is 0 Å². The molecule has 0 heterocycles. The van der Waals surface area contributed by atoms with Crippen LogP contribution in [0.1, 0.15) is 38.2 Å². The van der Waals surface area contributed by atoms with Crippen molar-refractivity contribution >= 4 is 15.7 Å². The van der Waals surface area contributed by atoms with E-state index in [-0.39, 0.29) is 10.3 Å². The Morgan fingerprint density at radius 2 is 1.89 bits per heavy atom. The van der Waals surface area contributed by atoms with Gasteiger partial charge in [-0.05, 0) is 48.9 Å². The van der Waals surface area contributed by atoms with Crippen LogP contribution in [0.25, 0.3) is 0 Å². The summed E-state index contributed by atoms with van der Waals surface area (Å²) in [5, 5.41) is 0. The minimum atomic E-state index is -3.46. The van der Waals surface area contributed by atoms with Crippen molar-refractivity contribution in [3.63, 3.8) is 0 Å². The van der Waals surface area contributed by atoms with Crippen LogP contribution in [0.15, 0.2) is 23.1 Å². The molecule has 106 valence electrons. The van der Waals surface area contributed by atoms with Crippen LogP contribution in [-0.4, -0.2) is 15.0 Å². The van der Waals surface area contributed by atoms with E-state index in [1.54, 1.807) is 12.1 Å².